The Bertz CT molecular complexity index is 362. The zero-order chi connectivity index (χ0) is 16.0. The highest BCUT2D eigenvalue weighted by molar-refractivity contribution is 5.76. The third kappa shape index (κ3) is 4.88. The number of amides is 2. The Morgan fingerprint density at radius 2 is 2.05 bits per heavy atom. The lowest BCUT2D eigenvalue weighted by molar-refractivity contribution is -0.138. The van der Waals surface area contributed by atoms with Crippen LogP contribution in [0.25, 0.3) is 0 Å². The van der Waals surface area contributed by atoms with Crippen LogP contribution < -0.4 is 0 Å². The van der Waals surface area contributed by atoms with Crippen LogP contribution in [-0.4, -0.2) is 77.1 Å². The lowest BCUT2D eigenvalue weighted by atomic mass is 10.2. The Labute approximate surface area is 127 Å². The lowest BCUT2D eigenvalue weighted by Crippen LogP contribution is -2.49. The smallest absolute Gasteiger partial charge is 0.320 e. The fourth-order valence-electron chi connectivity index (χ4n) is 3.13. The number of nitrogens with zero attached hydrogens (tertiary/aromatic N) is 3. The number of carboxylic acids is 1. The monoisotopic (exact) mass is 299 g/mol. The van der Waals surface area contributed by atoms with Crippen LogP contribution in [0.4, 0.5) is 4.79 Å². The van der Waals surface area contributed by atoms with Crippen LogP contribution in [0.3, 0.4) is 0 Å². The normalized spacial score (nSPS) is 20.3. The number of hydrogen-bond donors (Lipinski definition) is 1. The Morgan fingerprint density at radius 1 is 1.38 bits per heavy atom. The van der Waals surface area contributed by atoms with Crippen molar-refractivity contribution in [2.24, 2.45) is 0 Å². The van der Waals surface area contributed by atoms with Crippen LogP contribution in [0.15, 0.2) is 0 Å². The molecule has 0 aromatic heterocycles. The summed E-state index contributed by atoms with van der Waals surface area (Å²) in [5.74, 6) is -0.871. The van der Waals surface area contributed by atoms with Gasteiger partial charge in [-0.3, -0.25) is 9.69 Å². The van der Waals surface area contributed by atoms with E-state index in [9.17, 15) is 9.59 Å². The Kier molecular flexibility index (Phi) is 6.95. The molecule has 6 nitrogen and oxygen atoms in total. The first-order valence-corrected chi connectivity index (χ1v) is 7.88. The predicted molar refractivity (Wildman–Crippen MR) is 82.4 cm³/mol. The molecule has 1 aliphatic rings. The van der Waals surface area contributed by atoms with Crippen LogP contribution in [0.1, 0.15) is 40.0 Å². The molecule has 0 aliphatic carbocycles. The van der Waals surface area contributed by atoms with Gasteiger partial charge in [-0.15, -0.1) is 0 Å². The molecule has 21 heavy (non-hydrogen) atoms. The molecule has 0 bridgehead atoms. The molecule has 2 amide bonds. The molecule has 1 rings (SSSR count). The minimum absolute atomic E-state index is 0.0159. The second-order valence-corrected chi connectivity index (χ2v) is 5.82. The number of likely N-dealkylation sites (tertiary alicyclic amines) is 1. The van der Waals surface area contributed by atoms with Crippen molar-refractivity contribution in [2.75, 3.05) is 33.2 Å². The van der Waals surface area contributed by atoms with Gasteiger partial charge in [-0.1, -0.05) is 6.92 Å². The molecule has 1 saturated heterocycles. The van der Waals surface area contributed by atoms with Crippen molar-refractivity contribution >= 4 is 12.0 Å². The second kappa shape index (κ2) is 8.22. The van der Waals surface area contributed by atoms with Gasteiger partial charge in [0.1, 0.15) is 0 Å². The molecule has 1 N–H and O–H groups in total. The maximum absolute atomic E-state index is 12.5. The molecule has 6 heteroatoms. The Morgan fingerprint density at radius 3 is 2.57 bits per heavy atom. The molecule has 0 saturated carbocycles. The number of carboxylic acid groups (broad SMARTS) is 1. The summed E-state index contributed by atoms with van der Waals surface area (Å²) in [5.41, 5.74) is 0. The van der Waals surface area contributed by atoms with Gasteiger partial charge in [-0.05, 0) is 39.8 Å². The van der Waals surface area contributed by atoms with Gasteiger partial charge in [0.15, 0.2) is 0 Å². The van der Waals surface area contributed by atoms with Crippen LogP contribution >= 0.6 is 0 Å². The molecular weight excluding hydrogens is 270 g/mol. The number of aliphatic carboxylic acids is 1. The largest absolute Gasteiger partial charge is 0.481 e. The molecular formula is C15H29N3O3. The van der Waals surface area contributed by atoms with E-state index in [4.69, 9.17) is 5.11 Å². The van der Waals surface area contributed by atoms with Gasteiger partial charge in [-0.25, -0.2) is 4.79 Å². The quantitative estimate of drug-likeness (QED) is 0.777. The maximum Gasteiger partial charge on any atom is 0.320 e. The molecule has 0 aromatic rings. The van der Waals surface area contributed by atoms with Gasteiger partial charge in [0.25, 0.3) is 0 Å². The van der Waals surface area contributed by atoms with Crippen molar-refractivity contribution in [3.8, 4) is 0 Å². The molecule has 1 aliphatic heterocycles. The zero-order valence-corrected chi connectivity index (χ0v) is 13.7. The van der Waals surface area contributed by atoms with E-state index < -0.39 is 5.97 Å². The number of rotatable bonds is 7. The van der Waals surface area contributed by atoms with Crippen molar-refractivity contribution in [1.29, 1.82) is 0 Å². The van der Waals surface area contributed by atoms with E-state index in [0.717, 1.165) is 19.5 Å². The summed E-state index contributed by atoms with van der Waals surface area (Å²) in [7, 11) is 1.81. The standard InChI is InChI=1S/C15H29N3O3/c1-5-17-9-7-8-13(17)11-16(4)15(21)18(6-2)12(3)10-14(19)20/h12-13H,5-11H2,1-4H3,(H,19,20). The highest BCUT2D eigenvalue weighted by Gasteiger charge is 2.28. The number of carbonyl (C=O) groups is 2. The van der Waals surface area contributed by atoms with E-state index in [-0.39, 0.29) is 18.5 Å². The number of carbonyl (C=O) groups excluding carboxylic acids is 1. The molecule has 0 aromatic carbocycles. The summed E-state index contributed by atoms with van der Waals surface area (Å²) in [6, 6.07) is 0.0694. The van der Waals surface area contributed by atoms with E-state index in [2.05, 4.69) is 11.8 Å². The number of hydrogen-bond acceptors (Lipinski definition) is 3. The van der Waals surface area contributed by atoms with E-state index in [1.54, 1.807) is 16.7 Å². The van der Waals surface area contributed by atoms with Crippen LogP contribution in [0.2, 0.25) is 0 Å². The molecule has 122 valence electrons. The summed E-state index contributed by atoms with van der Waals surface area (Å²) in [4.78, 5) is 29.1. The minimum atomic E-state index is -0.871. The highest BCUT2D eigenvalue weighted by Crippen LogP contribution is 2.18. The third-order valence-electron chi connectivity index (χ3n) is 4.30. The van der Waals surface area contributed by atoms with Crippen LogP contribution in [0, 0.1) is 0 Å². The molecule has 2 unspecified atom stereocenters. The number of urea groups is 1. The Hall–Kier alpha value is -1.30. The lowest BCUT2D eigenvalue weighted by Gasteiger charge is -2.34. The summed E-state index contributed by atoms with van der Waals surface area (Å²) in [5, 5.41) is 8.89. The average molecular weight is 299 g/mol. The third-order valence-corrected chi connectivity index (χ3v) is 4.30. The Balaban J connectivity index is 2.60. The maximum atomic E-state index is 12.5. The summed E-state index contributed by atoms with van der Waals surface area (Å²) in [6.45, 7) is 9.18. The van der Waals surface area contributed by atoms with Gasteiger partial charge in [-0.2, -0.15) is 0 Å². The van der Waals surface area contributed by atoms with Gasteiger partial charge in [0.05, 0.1) is 6.42 Å². The van der Waals surface area contributed by atoms with Gasteiger partial charge < -0.3 is 14.9 Å². The SMILES string of the molecule is CCN1CCCC1CN(C)C(=O)N(CC)C(C)CC(=O)O. The first-order chi connectivity index (χ1) is 9.90. The van der Waals surface area contributed by atoms with Crippen molar-refractivity contribution in [3.05, 3.63) is 0 Å². The summed E-state index contributed by atoms with van der Waals surface area (Å²) >= 11 is 0. The fraction of sp³-hybridized carbons (Fsp3) is 0.867. The van der Waals surface area contributed by atoms with Crippen LogP contribution in [0.5, 0.6) is 0 Å². The van der Waals surface area contributed by atoms with Crippen LogP contribution in [-0.2, 0) is 4.79 Å². The average Bonchev–Trinajstić information content (AvgIpc) is 2.85. The van der Waals surface area contributed by atoms with Gasteiger partial charge >= 0.3 is 12.0 Å². The topological polar surface area (TPSA) is 64.1 Å². The summed E-state index contributed by atoms with van der Waals surface area (Å²) < 4.78 is 0. The second-order valence-electron chi connectivity index (χ2n) is 5.82. The van der Waals surface area contributed by atoms with Gasteiger partial charge in [0.2, 0.25) is 0 Å². The first-order valence-electron chi connectivity index (χ1n) is 7.88. The van der Waals surface area contributed by atoms with Crippen molar-refractivity contribution in [2.45, 2.75) is 52.1 Å². The highest BCUT2D eigenvalue weighted by atomic mass is 16.4. The zero-order valence-electron chi connectivity index (χ0n) is 13.7. The van der Waals surface area contributed by atoms with Crippen molar-refractivity contribution < 1.29 is 14.7 Å². The molecule has 0 spiro atoms. The van der Waals surface area contributed by atoms with E-state index >= 15 is 0 Å². The first kappa shape index (κ1) is 17.8. The molecule has 1 fully saturated rings. The molecule has 2 atom stereocenters. The number of likely N-dealkylation sites (N-methyl/N-ethyl adjacent to an activating group) is 2. The fourth-order valence-corrected chi connectivity index (χ4v) is 3.13. The van der Waals surface area contributed by atoms with Crippen molar-refractivity contribution in [3.63, 3.8) is 0 Å². The molecule has 1 heterocycles. The summed E-state index contributed by atoms with van der Waals surface area (Å²) in [6.07, 6.45) is 2.30. The van der Waals surface area contributed by atoms with E-state index in [0.29, 0.717) is 19.1 Å². The van der Waals surface area contributed by atoms with Gasteiger partial charge in [0, 0.05) is 32.2 Å². The van der Waals surface area contributed by atoms with Crippen molar-refractivity contribution in [1.82, 2.24) is 14.7 Å². The van der Waals surface area contributed by atoms with E-state index in [1.807, 2.05) is 14.0 Å². The molecule has 0 radical (unpaired) electrons. The minimum Gasteiger partial charge on any atom is -0.481 e. The predicted octanol–water partition coefficient (Wildman–Crippen LogP) is 1.71. The van der Waals surface area contributed by atoms with E-state index in [1.165, 1.54) is 6.42 Å².